The smallest absolute Gasteiger partial charge is 0.410 e. The van der Waals surface area contributed by atoms with E-state index in [1.807, 2.05) is 17.9 Å². The Morgan fingerprint density at radius 1 is 1.19 bits per heavy atom. The van der Waals surface area contributed by atoms with Gasteiger partial charge in [0.25, 0.3) is 0 Å². The van der Waals surface area contributed by atoms with E-state index in [2.05, 4.69) is 40.6 Å². The standard InChI is InChI=1S/C25H33N3O3/c1-2-31-24(30)28-19-8-9-20(28)16-21(15-19)27-12-10-25(11-13-27)17-23(29)26-22(25)14-18-6-4-3-5-7-18/h3-7,15,19-20,22H,2,8-14,16-17H2,1H3,(H,26,29). The Bertz CT molecular complexity index is 860. The zero-order valence-electron chi connectivity index (χ0n) is 18.4. The average molecular weight is 424 g/mol. The molecule has 5 rings (SSSR count). The first-order chi connectivity index (χ1) is 15.1. The molecular formula is C25H33N3O3. The molecule has 1 N–H and O–H groups in total. The number of ether oxygens (including phenoxy) is 1. The number of hydrogen-bond acceptors (Lipinski definition) is 4. The summed E-state index contributed by atoms with van der Waals surface area (Å²) < 4.78 is 5.28. The van der Waals surface area contributed by atoms with Gasteiger partial charge in [0.1, 0.15) is 0 Å². The van der Waals surface area contributed by atoms with Gasteiger partial charge in [-0.05, 0) is 50.7 Å². The SMILES string of the molecule is CCOC(=O)N1C2C=C(N3CCC4(CC3)CC(=O)NC4Cc3ccccc3)CC1CC2. The molecular weight excluding hydrogens is 390 g/mol. The molecule has 3 atom stereocenters. The Morgan fingerprint density at radius 2 is 1.97 bits per heavy atom. The van der Waals surface area contributed by atoms with Crippen LogP contribution < -0.4 is 5.32 Å². The van der Waals surface area contributed by atoms with Crippen LogP contribution >= 0.6 is 0 Å². The van der Waals surface area contributed by atoms with E-state index in [1.54, 1.807) is 0 Å². The fourth-order valence-corrected chi connectivity index (χ4v) is 6.25. The van der Waals surface area contributed by atoms with Crippen molar-refractivity contribution < 1.29 is 14.3 Å². The fourth-order valence-electron chi connectivity index (χ4n) is 6.25. The third kappa shape index (κ3) is 3.81. The van der Waals surface area contributed by atoms with Gasteiger partial charge in [0.2, 0.25) is 5.91 Å². The number of piperidine rings is 1. The van der Waals surface area contributed by atoms with Crippen LogP contribution in [0, 0.1) is 5.41 Å². The summed E-state index contributed by atoms with van der Waals surface area (Å²) in [5.74, 6) is 0.203. The van der Waals surface area contributed by atoms with Crippen LogP contribution in [-0.4, -0.2) is 59.6 Å². The van der Waals surface area contributed by atoms with Crippen molar-refractivity contribution in [3.63, 3.8) is 0 Å². The number of hydrogen-bond donors (Lipinski definition) is 1. The van der Waals surface area contributed by atoms with Gasteiger partial charge in [0.15, 0.2) is 0 Å². The second-order valence-electron chi connectivity index (χ2n) is 9.60. The van der Waals surface area contributed by atoms with Gasteiger partial charge in [-0.15, -0.1) is 0 Å². The van der Waals surface area contributed by atoms with E-state index in [1.165, 1.54) is 11.3 Å². The number of rotatable bonds is 4. The zero-order chi connectivity index (χ0) is 21.4. The van der Waals surface area contributed by atoms with Crippen molar-refractivity contribution in [3.8, 4) is 0 Å². The van der Waals surface area contributed by atoms with Crippen LogP contribution in [0.15, 0.2) is 42.1 Å². The number of benzene rings is 1. The van der Waals surface area contributed by atoms with Crippen molar-refractivity contribution >= 4 is 12.0 Å². The van der Waals surface area contributed by atoms with Crippen LogP contribution in [0.4, 0.5) is 4.79 Å². The van der Waals surface area contributed by atoms with Gasteiger partial charge in [-0.1, -0.05) is 30.3 Å². The quantitative estimate of drug-likeness (QED) is 0.806. The van der Waals surface area contributed by atoms with Crippen molar-refractivity contribution in [3.05, 3.63) is 47.7 Å². The Labute approximate surface area is 184 Å². The van der Waals surface area contributed by atoms with Gasteiger partial charge in [0.05, 0.1) is 12.6 Å². The lowest BCUT2D eigenvalue weighted by molar-refractivity contribution is -0.119. The summed E-state index contributed by atoms with van der Waals surface area (Å²) in [6.07, 6.45) is 8.79. The van der Waals surface area contributed by atoms with E-state index in [4.69, 9.17) is 4.74 Å². The predicted octanol–water partition coefficient (Wildman–Crippen LogP) is 3.48. The third-order valence-electron chi connectivity index (χ3n) is 7.89. The zero-order valence-corrected chi connectivity index (χ0v) is 18.4. The lowest BCUT2D eigenvalue weighted by Gasteiger charge is -2.45. The molecule has 4 heterocycles. The summed E-state index contributed by atoms with van der Waals surface area (Å²) >= 11 is 0. The fraction of sp³-hybridized carbons (Fsp3) is 0.600. The molecule has 0 aliphatic carbocycles. The van der Waals surface area contributed by atoms with Gasteiger partial charge < -0.3 is 15.0 Å². The number of nitrogens with one attached hydrogen (secondary N) is 1. The van der Waals surface area contributed by atoms with E-state index in [0.29, 0.717) is 13.0 Å². The molecule has 2 bridgehead atoms. The van der Waals surface area contributed by atoms with Crippen LogP contribution in [0.3, 0.4) is 0 Å². The van der Waals surface area contributed by atoms with Crippen molar-refractivity contribution in [2.24, 2.45) is 5.41 Å². The molecule has 3 unspecified atom stereocenters. The molecule has 0 aromatic heterocycles. The summed E-state index contributed by atoms with van der Waals surface area (Å²) in [5, 5.41) is 3.28. The first-order valence-electron chi connectivity index (χ1n) is 11.8. The number of carbonyl (C=O) groups excluding carboxylic acids is 2. The van der Waals surface area contributed by atoms with E-state index in [-0.39, 0.29) is 35.5 Å². The maximum atomic E-state index is 12.4. The normalized spacial score (nSPS) is 29.1. The minimum Gasteiger partial charge on any atom is -0.450 e. The molecule has 1 aromatic rings. The average Bonchev–Trinajstić information content (AvgIpc) is 3.21. The molecule has 0 radical (unpaired) electrons. The molecule has 6 heteroatoms. The molecule has 1 aromatic carbocycles. The molecule has 6 nitrogen and oxygen atoms in total. The minimum atomic E-state index is -0.165. The highest BCUT2D eigenvalue weighted by atomic mass is 16.6. The highest BCUT2D eigenvalue weighted by Gasteiger charge is 2.49. The largest absolute Gasteiger partial charge is 0.450 e. The third-order valence-corrected chi connectivity index (χ3v) is 7.89. The van der Waals surface area contributed by atoms with Gasteiger partial charge in [0, 0.05) is 49.1 Å². The van der Waals surface area contributed by atoms with Crippen LogP contribution in [0.5, 0.6) is 0 Å². The Morgan fingerprint density at radius 3 is 2.68 bits per heavy atom. The van der Waals surface area contributed by atoms with Crippen molar-refractivity contribution in [1.29, 1.82) is 0 Å². The van der Waals surface area contributed by atoms with Crippen LogP contribution in [0.1, 0.15) is 51.0 Å². The topological polar surface area (TPSA) is 61.9 Å². The number of fused-ring (bicyclic) bond motifs is 2. The van der Waals surface area contributed by atoms with Gasteiger partial charge in [-0.2, -0.15) is 0 Å². The van der Waals surface area contributed by atoms with Gasteiger partial charge >= 0.3 is 6.09 Å². The number of amides is 2. The van der Waals surface area contributed by atoms with Crippen LogP contribution in [0.2, 0.25) is 0 Å². The Kier molecular flexibility index (Phi) is 5.40. The molecule has 4 aliphatic heterocycles. The summed E-state index contributed by atoms with van der Waals surface area (Å²) in [5.41, 5.74) is 2.75. The Hall–Kier alpha value is -2.50. The molecule has 166 valence electrons. The van der Waals surface area contributed by atoms with Gasteiger partial charge in [-0.25, -0.2) is 4.79 Å². The van der Waals surface area contributed by atoms with Gasteiger partial charge in [-0.3, -0.25) is 9.69 Å². The van der Waals surface area contributed by atoms with E-state index in [9.17, 15) is 9.59 Å². The van der Waals surface area contributed by atoms with Crippen LogP contribution in [0.25, 0.3) is 0 Å². The summed E-state index contributed by atoms with van der Waals surface area (Å²) in [6, 6.07) is 11.2. The van der Waals surface area contributed by atoms with E-state index in [0.717, 1.165) is 51.6 Å². The molecule has 3 saturated heterocycles. The first-order valence-corrected chi connectivity index (χ1v) is 11.8. The highest BCUT2D eigenvalue weighted by molar-refractivity contribution is 5.80. The number of likely N-dealkylation sites (tertiary alicyclic amines) is 1. The van der Waals surface area contributed by atoms with E-state index >= 15 is 0 Å². The summed E-state index contributed by atoms with van der Waals surface area (Å²) in [4.78, 5) is 29.2. The molecule has 0 saturated carbocycles. The second-order valence-corrected chi connectivity index (χ2v) is 9.60. The predicted molar refractivity (Wildman–Crippen MR) is 118 cm³/mol. The van der Waals surface area contributed by atoms with Crippen molar-refractivity contribution in [2.75, 3.05) is 19.7 Å². The lowest BCUT2D eigenvalue weighted by atomic mass is 9.70. The van der Waals surface area contributed by atoms with Crippen molar-refractivity contribution in [2.45, 2.75) is 70.0 Å². The van der Waals surface area contributed by atoms with Crippen molar-refractivity contribution in [1.82, 2.24) is 15.1 Å². The van der Waals surface area contributed by atoms with E-state index < -0.39 is 0 Å². The molecule has 1 spiro atoms. The maximum Gasteiger partial charge on any atom is 0.410 e. The second kappa shape index (κ2) is 8.21. The van der Waals surface area contributed by atoms with Crippen LogP contribution in [-0.2, 0) is 16.0 Å². The minimum absolute atomic E-state index is 0.0641. The highest BCUT2D eigenvalue weighted by Crippen LogP contribution is 2.45. The molecule has 4 aliphatic rings. The monoisotopic (exact) mass is 423 g/mol. The first kappa shape index (κ1) is 20.4. The molecule has 2 amide bonds. The number of nitrogens with zero attached hydrogens (tertiary/aromatic N) is 2. The molecule has 31 heavy (non-hydrogen) atoms. The lowest BCUT2D eigenvalue weighted by Crippen LogP contribution is -2.49. The molecule has 3 fully saturated rings. The Balaban J connectivity index is 1.25. The summed E-state index contributed by atoms with van der Waals surface area (Å²) in [7, 11) is 0. The maximum absolute atomic E-state index is 12.4. The summed E-state index contributed by atoms with van der Waals surface area (Å²) in [6.45, 7) is 4.27. The number of carbonyl (C=O) groups is 2.